The van der Waals surface area contributed by atoms with Gasteiger partial charge in [0, 0.05) is 10.9 Å². The topological polar surface area (TPSA) is 12.0 Å². The number of hydrogen-bond donors (Lipinski definition) is 1. The summed E-state index contributed by atoms with van der Waals surface area (Å²) in [4.78, 5) is 0. The van der Waals surface area contributed by atoms with E-state index in [0.717, 1.165) is 22.6 Å². The Morgan fingerprint density at radius 3 is 2.71 bits per heavy atom. The molecule has 0 bridgehead atoms. The van der Waals surface area contributed by atoms with Crippen LogP contribution in [0.1, 0.15) is 29.5 Å². The highest BCUT2D eigenvalue weighted by molar-refractivity contribution is 6.30. The second-order valence-electron chi connectivity index (χ2n) is 5.73. The van der Waals surface area contributed by atoms with E-state index >= 15 is 0 Å². The van der Waals surface area contributed by atoms with E-state index in [0.29, 0.717) is 11.6 Å². The van der Waals surface area contributed by atoms with Crippen molar-refractivity contribution in [2.24, 2.45) is 5.92 Å². The van der Waals surface area contributed by atoms with Crippen LogP contribution in [0, 0.1) is 11.7 Å². The second kappa shape index (κ2) is 4.88. The molecule has 21 heavy (non-hydrogen) atoms. The van der Waals surface area contributed by atoms with Crippen LogP contribution < -0.4 is 5.32 Å². The zero-order valence-electron chi connectivity index (χ0n) is 11.4. The van der Waals surface area contributed by atoms with Gasteiger partial charge >= 0.3 is 0 Å². The Morgan fingerprint density at radius 1 is 1.10 bits per heavy atom. The number of halogens is 2. The zero-order chi connectivity index (χ0) is 14.4. The van der Waals surface area contributed by atoms with Gasteiger partial charge in [0.15, 0.2) is 0 Å². The van der Waals surface area contributed by atoms with Gasteiger partial charge in [0.05, 0.1) is 11.7 Å². The average molecular weight is 300 g/mol. The predicted octanol–water partition coefficient (Wildman–Crippen LogP) is 5.31. The van der Waals surface area contributed by atoms with Gasteiger partial charge in [0.25, 0.3) is 0 Å². The summed E-state index contributed by atoms with van der Waals surface area (Å²) in [5, 5.41) is 4.14. The molecule has 2 aromatic rings. The lowest BCUT2D eigenvalue weighted by molar-refractivity contribution is 0.421. The van der Waals surface area contributed by atoms with Crippen LogP contribution >= 0.6 is 11.6 Å². The maximum atomic E-state index is 14.2. The first-order valence-corrected chi connectivity index (χ1v) is 7.59. The van der Waals surface area contributed by atoms with Crippen molar-refractivity contribution in [3.8, 4) is 0 Å². The summed E-state index contributed by atoms with van der Waals surface area (Å²) in [6.07, 6.45) is 5.44. The fourth-order valence-corrected chi connectivity index (χ4v) is 3.71. The molecule has 0 radical (unpaired) electrons. The number of nitrogens with one attached hydrogen (secondary N) is 1. The molecule has 2 aliphatic rings. The summed E-state index contributed by atoms with van der Waals surface area (Å²) in [6, 6.07) is 13.3. The highest BCUT2D eigenvalue weighted by atomic mass is 35.5. The molecule has 4 rings (SSSR count). The number of hydrogen-bond acceptors (Lipinski definition) is 1. The first-order chi connectivity index (χ1) is 10.2. The number of benzene rings is 2. The number of fused-ring (bicyclic) bond motifs is 3. The van der Waals surface area contributed by atoms with Crippen molar-refractivity contribution in [2.75, 3.05) is 5.32 Å². The summed E-state index contributed by atoms with van der Waals surface area (Å²) in [7, 11) is 0. The molecule has 3 heteroatoms. The molecule has 1 heterocycles. The highest BCUT2D eigenvalue weighted by Crippen LogP contribution is 2.50. The third-order valence-electron chi connectivity index (χ3n) is 4.58. The molecule has 3 atom stereocenters. The van der Waals surface area contributed by atoms with E-state index in [1.807, 2.05) is 30.3 Å². The van der Waals surface area contributed by atoms with Gasteiger partial charge in [-0.05, 0) is 41.7 Å². The van der Waals surface area contributed by atoms with E-state index in [2.05, 4.69) is 17.5 Å². The Hall–Kier alpha value is -1.80. The Labute approximate surface area is 128 Å². The average Bonchev–Trinajstić information content (AvgIpc) is 2.98. The summed E-state index contributed by atoms with van der Waals surface area (Å²) in [5.41, 5.74) is 2.87. The van der Waals surface area contributed by atoms with Gasteiger partial charge in [0.1, 0.15) is 5.82 Å². The molecule has 106 valence electrons. The SMILES string of the molecule is Fc1cccc2c1N[C@H](c1ccc(Cl)cc1)[C@@H]1CC=C[C@@H]21. The zero-order valence-corrected chi connectivity index (χ0v) is 12.1. The van der Waals surface area contributed by atoms with Crippen LogP contribution in [0.2, 0.25) is 5.02 Å². The van der Waals surface area contributed by atoms with E-state index in [4.69, 9.17) is 11.6 Å². The lowest BCUT2D eigenvalue weighted by Gasteiger charge is -2.37. The highest BCUT2D eigenvalue weighted by Gasteiger charge is 2.38. The quantitative estimate of drug-likeness (QED) is 0.704. The lowest BCUT2D eigenvalue weighted by atomic mass is 9.77. The molecule has 1 aliphatic heterocycles. The van der Waals surface area contributed by atoms with E-state index in [-0.39, 0.29) is 17.8 Å². The maximum absolute atomic E-state index is 14.2. The molecule has 1 aliphatic carbocycles. The number of allylic oxidation sites excluding steroid dienone is 2. The summed E-state index contributed by atoms with van der Waals surface area (Å²) in [5.74, 6) is 0.545. The lowest BCUT2D eigenvalue weighted by Crippen LogP contribution is -2.29. The largest absolute Gasteiger partial charge is 0.375 e. The van der Waals surface area contributed by atoms with Crippen LogP contribution in [0.4, 0.5) is 10.1 Å². The first-order valence-electron chi connectivity index (χ1n) is 7.21. The minimum atomic E-state index is -0.176. The van der Waals surface area contributed by atoms with Crippen LogP contribution in [-0.4, -0.2) is 0 Å². The van der Waals surface area contributed by atoms with Crippen molar-refractivity contribution in [1.29, 1.82) is 0 Å². The molecule has 0 spiro atoms. The monoisotopic (exact) mass is 299 g/mol. The number of rotatable bonds is 1. The van der Waals surface area contributed by atoms with Gasteiger partial charge < -0.3 is 5.32 Å². The van der Waals surface area contributed by atoms with Gasteiger partial charge in [-0.15, -0.1) is 0 Å². The van der Waals surface area contributed by atoms with Crippen molar-refractivity contribution >= 4 is 17.3 Å². The molecule has 1 N–H and O–H groups in total. The Bertz CT molecular complexity index is 708. The molecule has 0 amide bonds. The molecular formula is C18H15ClFN. The van der Waals surface area contributed by atoms with Crippen molar-refractivity contribution in [2.45, 2.75) is 18.4 Å². The number of anilines is 1. The minimum absolute atomic E-state index is 0.117. The molecular weight excluding hydrogens is 285 g/mol. The van der Waals surface area contributed by atoms with E-state index in [1.165, 1.54) is 6.07 Å². The van der Waals surface area contributed by atoms with Crippen LogP contribution in [0.5, 0.6) is 0 Å². The van der Waals surface area contributed by atoms with Crippen molar-refractivity contribution < 1.29 is 4.39 Å². The fraction of sp³-hybridized carbons (Fsp3) is 0.222. The van der Waals surface area contributed by atoms with Gasteiger partial charge in [0.2, 0.25) is 0 Å². The smallest absolute Gasteiger partial charge is 0.146 e. The van der Waals surface area contributed by atoms with E-state index in [9.17, 15) is 4.39 Å². The van der Waals surface area contributed by atoms with Gasteiger partial charge in [-0.1, -0.05) is 48.0 Å². The van der Waals surface area contributed by atoms with Crippen molar-refractivity contribution in [3.63, 3.8) is 0 Å². The van der Waals surface area contributed by atoms with Crippen molar-refractivity contribution in [1.82, 2.24) is 0 Å². The summed E-state index contributed by atoms with van der Waals surface area (Å²) in [6.45, 7) is 0. The standard InChI is InChI=1S/C18H15ClFN/c19-12-9-7-11(8-10-12)17-14-4-1-3-13(14)15-5-2-6-16(20)18(15)21-17/h1-3,5-10,13-14,17,21H,4H2/t13-,14-,17-/m1/s1. The van der Waals surface area contributed by atoms with Gasteiger partial charge in [-0.3, -0.25) is 0 Å². The maximum Gasteiger partial charge on any atom is 0.146 e. The Balaban J connectivity index is 1.81. The molecule has 0 unspecified atom stereocenters. The normalized spacial score (nSPS) is 26.1. The molecule has 0 saturated heterocycles. The van der Waals surface area contributed by atoms with Gasteiger partial charge in [-0.25, -0.2) is 4.39 Å². The molecule has 1 nitrogen and oxygen atoms in total. The summed E-state index contributed by atoms with van der Waals surface area (Å²) < 4.78 is 14.2. The van der Waals surface area contributed by atoms with Crippen LogP contribution in [0.15, 0.2) is 54.6 Å². The molecule has 0 aromatic heterocycles. The Morgan fingerprint density at radius 2 is 1.90 bits per heavy atom. The summed E-state index contributed by atoms with van der Waals surface area (Å²) >= 11 is 5.98. The third kappa shape index (κ3) is 2.06. The van der Waals surface area contributed by atoms with Crippen LogP contribution in [0.3, 0.4) is 0 Å². The molecule has 0 saturated carbocycles. The molecule has 2 aromatic carbocycles. The minimum Gasteiger partial charge on any atom is -0.375 e. The fourth-order valence-electron chi connectivity index (χ4n) is 3.58. The van der Waals surface area contributed by atoms with Crippen molar-refractivity contribution in [3.05, 3.63) is 76.6 Å². The predicted molar refractivity (Wildman–Crippen MR) is 84.2 cm³/mol. The van der Waals surface area contributed by atoms with E-state index in [1.54, 1.807) is 6.07 Å². The van der Waals surface area contributed by atoms with Gasteiger partial charge in [-0.2, -0.15) is 0 Å². The number of para-hydroxylation sites is 1. The Kier molecular flexibility index (Phi) is 3.00. The molecule has 0 fully saturated rings. The first kappa shape index (κ1) is 12.9. The second-order valence-corrected chi connectivity index (χ2v) is 6.17. The van der Waals surface area contributed by atoms with Crippen LogP contribution in [0.25, 0.3) is 0 Å². The van der Waals surface area contributed by atoms with Crippen LogP contribution in [-0.2, 0) is 0 Å². The van der Waals surface area contributed by atoms with E-state index < -0.39 is 0 Å². The third-order valence-corrected chi connectivity index (χ3v) is 4.83.